The molecule has 0 aliphatic heterocycles. The van der Waals surface area contributed by atoms with Gasteiger partial charge in [0.2, 0.25) is 11.8 Å². The SMILES string of the molecule is CC[C@H](C(=O)N[C@@H](C)CC)N(Cc1cccc(OC)c1)C(=O)CN(c1ccc(C)cc1C)S(=O)(=O)c1ccc(C)cc1. The van der Waals surface area contributed by atoms with Crippen LogP contribution in [0, 0.1) is 20.8 Å². The average molecular weight is 594 g/mol. The molecule has 0 unspecified atom stereocenters. The van der Waals surface area contributed by atoms with E-state index in [0.29, 0.717) is 17.9 Å². The van der Waals surface area contributed by atoms with Crippen molar-refractivity contribution in [1.82, 2.24) is 10.2 Å². The number of anilines is 1. The van der Waals surface area contributed by atoms with Crippen LogP contribution in [0.3, 0.4) is 0 Å². The second kappa shape index (κ2) is 14.4. The van der Waals surface area contributed by atoms with E-state index < -0.39 is 28.5 Å². The molecule has 0 aliphatic carbocycles. The number of methoxy groups -OCH3 is 1. The summed E-state index contributed by atoms with van der Waals surface area (Å²) in [5.41, 5.74) is 3.79. The van der Waals surface area contributed by atoms with Crippen LogP contribution in [0.5, 0.6) is 5.75 Å². The number of nitrogens with zero attached hydrogens (tertiary/aromatic N) is 2. The second-order valence-corrected chi connectivity index (χ2v) is 12.6. The number of aryl methyl sites for hydroxylation is 3. The van der Waals surface area contributed by atoms with E-state index in [4.69, 9.17) is 4.74 Å². The van der Waals surface area contributed by atoms with Gasteiger partial charge in [-0.05, 0) is 82.0 Å². The van der Waals surface area contributed by atoms with E-state index in [9.17, 15) is 18.0 Å². The number of amides is 2. The Balaban J connectivity index is 2.10. The van der Waals surface area contributed by atoms with Gasteiger partial charge in [0.25, 0.3) is 10.0 Å². The highest BCUT2D eigenvalue weighted by Gasteiger charge is 2.34. The summed E-state index contributed by atoms with van der Waals surface area (Å²) in [6.07, 6.45) is 1.09. The van der Waals surface area contributed by atoms with E-state index >= 15 is 0 Å². The van der Waals surface area contributed by atoms with Crippen molar-refractivity contribution in [2.45, 2.75) is 77.9 Å². The molecule has 3 aromatic carbocycles. The van der Waals surface area contributed by atoms with Crippen LogP contribution in [0.2, 0.25) is 0 Å². The van der Waals surface area contributed by atoms with Crippen LogP contribution >= 0.6 is 0 Å². The lowest BCUT2D eigenvalue weighted by molar-refractivity contribution is -0.140. The molecule has 0 fully saturated rings. The lowest BCUT2D eigenvalue weighted by atomic mass is 10.1. The molecule has 42 heavy (non-hydrogen) atoms. The van der Waals surface area contributed by atoms with Crippen LogP contribution in [0.1, 0.15) is 55.9 Å². The average Bonchev–Trinajstić information content (AvgIpc) is 2.96. The van der Waals surface area contributed by atoms with Crippen molar-refractivity contribution >= 4 is 27.5 Å². The number of nitrogens with one attached hydrogen (secondary N) is 1. The first kappa shape index (κ1) is 32.7. The number of hydrogen-bond donors (Lipinski definition) is 1. The molecule has 2 atom stereocenters. The summed E-state index contributed by atoms with van der Waals surface area (Å²) < 4.78 is 34.7. The molecule has 2 amide bonds. The Hall–Kier alpha value is -3.85. The molecule has 8 nitrogen and oxygen atoms in total. The third-order valence-electron chi connectivity index (χ3n) is 7.38. The van der Waals surface area contributed by atoms with Crippen molar-refractivity contribution in [1.29, 1.82) is 0 Å². The molecule has 226 valence electrons. The van der Waals surface area contributed by atoms with Gasteiger partial charge in [0, 0.05) is 12.6 Å². The number of carbonyl (C=O) groups excluding carboxylic acids is 2. The lowest BCUT2D eigenvalue weighted by Gasteiger charge is -2.34. The molecule has 0 aromatic heterocycles. The van der Waals surface area contributed by atoms with Gasteiger partial charge in [0.1, 0.15) is 18.3 Å². The molecule has 0 bridgehead atoms. The van der Waals surface area contributed by atoms with Crippen LogP contribution in [0.4, 0.5) is 5.69 Å². The largest absolute Gasteiger partial charge is 0.497 e. The fourth-order valence-electron chi connectivity index (χ4n) is 4.76. The molecule has 0 saturated carbocycles. The van der Waals surface area contributed by atoms with Gasteiger partial charge in [-0.25, -0.2) is 8.42 Å². The Morgan fingerprint density at radius 1 is 0.905 bits per heavy atom. The first-order valence-electron chi connectivity index (χ1n) is 14.3. The maximum atomic E-state index is 14.3. The Labute approximate surface area is 250 Å². The number of ether oxygens (including phenoxy) is 1. The van der Waals surface area contributed by atoms with Gasteiger partial charge >= 0.3 is 0 Å². The quantitative estimate of drug-likeness (QED) is 0.281. The lowest BCUT2D eigenvalue weighted by Crippen LogP contribution is -2.53. The minimum atomic E-state index is -4.13. The maximum absolute atomic E-state index is 14.3. The number of sulfonamides is 1. The molecule has 9 heteroatoms. The Morgan fingerprint density at radius 3 is 2.17 bits per heavy atom. The third kappa shape index (κ3) is 7.91. The molecule has 0 heterocycles. The topological polar surface area (TPSA) is 96.0 Å². The van der Waals surface area contributed by atoms with Gasteiger partial charge < -0.3 is 15.0 Å². The highest BCUT2D eigenvalue weighted by atomic mass is 32.2. The summed E-state index contributed by atoms with van der Waals surface area (Å²) in [6, 6.07) is 18.4. The molecule has 1 N–H and O–H groups in total. The standard InChI is InChI=1S/C33H43N3O5S/c1-8-26(6)34-33(38)30(9-2)35(21-27-11-10-12-28(20-27)41-7)32(37)22-36(31-18-15-24(4)19-25(31)5)42(39,40)29-16-13-23(3)14-17-29/h10-20,26,30H,8-9,21-22H2,1-7H3,(H,34,38)/t26-,30+/m0/s1. The second-order valence-electron chi connectivity index (χ2n) is 10.7. The van der Waals surface area contributed by atoms with Gasteiger partial charge in [-0.1, -0.05) is 61.4 Å². The molecule has 3 rings (SSSR count). The normalized spacial score (nSPS) is 12.7. The van der Waals surface area contributed by atoms with Gasteiger partial charge in [0.15, 0.2) is 0 Å². The summed E-state index contributed by atoms with van der Waals surface area (Å²) in [6.45, 7) is 11.0. The highest BCUT2D eigenvalue weighted by Crippen LogP contribution is 2.29. The highest BCUT2D eigenvalue weighted by molar-refractivity contribution is 7.92. The van der Waals surface area contributed by atoms with Crippen LogP contribution < -0.4 is 14.4 Å². The number of hydrogen-bond acceptors (Lipinski definition) is 5. The smallest absolute Gasteiger partial charge is 0.264 e. The fraction of sp³-hybridized carbons (Fsp3) is 0.394. The van der Waals surface area contributed by atoms with Crippen LogP contribution in [0.25, 0.3) is 0 Å². The van der Waals surface area contributed by atoms with E-state index in [-0.39, 0.29) is 23.4 Å². The summed E-state index contributed by atoms with van der Waals surface area (Å²) in [4.78, 5) is 29.3. The van der Waals surface area contributed by atoms with Crippen LogP contribution in [0.15, 0.2) is 71.6 Å². The molecule has 3 aromatic rings. The predicted octanol–water partition coefficient (Wildman–Crippen LogP) is 5.54. The Bertz CT molecular complexity index is 1490. The molecule has 0 spiro atoms. The van der Waals surface area contributed by atoms with E-state index in [1.807, 2.05) is 71.9 Å². The monoisotopic (exact) mass is 593 g/mol. The van der Waals surface area contributed by atoms with Crippen molar-refractivity contribution < 1.29 is 22.7 Å². The molecule has 0 saturated heterocycles. The number of benzene rings is 3. The Morgan fingerprint density at radius 2 is 1.57 bits per heavy atom. The van der Waals surface area contributed by atoms with Crippen molar-refractivity contribution in [2.75, 3.05) is 18.0 Å². The predicted molar refractivity (Wildman–Crippen MR) is 167 cm³/mol. The fourth-order valence-corrected chi connectivity index (χ4v) is 6.24. The first-order chi connectivity index (χ1) is 19.9. The first-order valence-corrected chi connectivity index (χ1v) is 15.7. The summed E-state index contributed by atoms with van der Waals surface area (Å²) in [7, 11) is -2.57. The summed E-state index contributed by atoms with van der Waals surface area (Å²) >= 11 is 0. The maximum Gasteiger partial charge on any atom is 0.264 e. The number of carbonyl (C=O) groups is 2. The van der Waals surface area contributed by atoms with E-state index in [0.717, 1.165) is 33.0 Å². The van der Waals surface area contributed by atoms with Gasteiger partial charge in [-0.2, -0.15) is 0 Å². The van der Waals surface area contributed by atoms with E-state index in [2.05, 4.69) is 5.32 Å². The Kier molecular flexibility index (Phi) is 11.2. The van der Waals surface area contributed by atoms with E-state index in [1.54, 1.807) is 43.5 Å². The zero-order valence-electron chi connectivity index (χ0n) is 25.7. The third-order valence-corrected chi connectivity index (χ3v) is 9.16. The zero-order chi connectivity index (χ0) is 31.0. The van der Waals surface area contributed by atoms with Crippen molar-refractivity contribution in [3.8, 4) is 5.75 Å². The van der Waals surface area contributed by atoms with Crippen molar-refractivity contribution in [3.05, 3.63) is 89.0 Å². The zero-order valence-corrected chi connectivity index (χ0v) is 26.5. The van der Waals surface area contributed by atoms with Gasteiger partial charge in [0.05, 0.1) is 17.7 Å². The van der Waals surface area contributed by atoms with Crippen LogP contribution in [-0.2, 0) is 26.2 Å². The summed E-state index contributed by atoms with van der Waals surface area (Å²) in [5, 5.41) is 3.00. The molecular weight excluding hydrogens is 550 g/mol. The minimum absolute atomic E-state index is 0.0751. The molecule has 0 aliphatic rings. The molecular formula is C33H43N3O5S. The number of rotatable bonds is 13. The minimum Gasteiger partial charge on any atom is -0.497 e. The van der Waals surface area contributed by atoms with Gasteiger partial charge in [-0.3, -0.25) is 13.9 Å². The molecule has 0 radical (unpaired) electrons. The van der Waals surface area contributed by atoms with Gasteiger partial charge in [-0.15, -0.1) is 0 Å². The van der Waals surface area contributed by atoms with Crippen LogP contribution in [-0.4, -0.2) is 50.9 Å². The summed E-state index contributed by atoms with van der Waals surface area (Å²) in [5.74, 6) is -0.141. The van der Waals surface area contributed by atoms with Crippen molar-refractivity contribution in [2.24, 2.45) is 0 Å². The van der Waals surface area contributed by atoms with Crippen molar-refractivity contribution in [3.63, 3.8) is 0 Å². The van der Waals surface area contributed by atoms with E-state index in [1.165, 1.54) is 4.90 Å².